The molecule has 0 aliphatic rings. The van der Waals surface area contributed by atoms with Crippen molar-refractivity contribution in [1.82, 2.24) is 5.32 Å². The number of benzene rings is 1. The molecule has 1 atom stereocenters. The molecular weight excluding hydrogens is 242 g/mol. The fraction of sp³-hybridized carbons (Fsp3) is 0.467. The van der Waals surface area contributed by atoms with Gasteiger partial charge in [0.1, 0.15) is 0 Å². The SMILES string of the molecule is Cc1cc(C(=O)O)cc(C(=O)NCC(C)C(C)C)c1. The quantitative estimate of drug-likeness (QED) is 0.858. The molecule has 1 unspecified atom stereocenters. The predicted octanol–water partition coefficient (Wildman–Crippen LogP) is 2.72. The molecule has 1 aromatic rings. The van der Waals surface area contributed by atoms with Crippen molar-refractivity contribution in [3.8, 4) is 0 Å². The summed E-state index contributed by atoms with van der Waals surface area (Å²) in [5.41, 5.74) is 1.30. The highest BCUT2D eigenvalue weighted by Gasteiger charge is 2.13. The number of aromatic carboxylic acids is 1. The van der Waals surface area contributed by atoms with Crippen molar-refractivity contribution in [3.05, 3.63) is 34.9 Å². The Hall–Kier alpha value is -1.84. The average molecular weight is 263 g/mol. The minimum absolute atomic E-state index is 0.141. The fourth-order valence-electron chi connectivity index (χ4n) is 1.63. The maximum Gasteiger partial charge on any atom is 0.335 e. The van der Waals surface area contributed by atoms with Gasteiger partial charge in [0, 0.05) is 12.1 Å². The number of amides is 1. The van der Waals surface area contributed by atoms with E-state index in [1.165, 1.54) is 6.07 Å². The van der Waals surface area contributed by atoms with Crippen molar-refractivity contribution in [2.24, 2.45) is 11.8 Å². The molecule has 0 aliphatic carbocycles. The van der Waals surface area contributed by atoms with Crippen LogP contribution < -0.4 is 5.32 Å². The first-order valence-corrected chi connectivity index (χ1v) is 6.44. The lowest BCUT2D eigenvalue weighted by molar-refractivity contribution is 0.0696. The molecule has 2 N–H and O–H groups in total. The largest absolute Gasteiger partial charge is 0.478 e. The molecule has 0 bridgehead atoms. The fourth-order valence-corrected chi connectivity index (χ4v) is 1.63. The lowest BCUT2D eigenvalue weighted by atomic mass is 9.98. The van der Waals surface area contributed by atoms with E-state index in [4.69, 9.17) is 5.11 Å². The molecule has 1 aromatic carbocycles. The second-order valence-electron chi connectivity index (χ2n) is 5.32. The number of carbonyl (C=O) groups is 2. The van der Waals surface area contributed by atoms with Gasteiger partial charge < -0.3 is 10.4 Å². The zero-order valence-corrected chi connectivity index (χ0v) is 11.9. The standard InChI is InChI=1S/C15H21NO3/c1-9(2)11(4)8-16-14(17)12-5-10(3)6-13(7-12)15(18)19/h5-7,9,11H,8H2,1-4H3,(H,16,17)(H,18,19). The summed E-state index contributed by atoms with van der Waals surface area (Å²) in [6.07, 6.45) is 0. The van der Waals surface area contributed by atoms with Crippen LogP contribution in [-0.2, 0) is 0 Å². The van der Waals surface area contributed by atoms with Crippen molar-refractivity contribution >= 4 is 11.9 Å². The maximum atomic E-state index is 12.0. The van der Waals surface area contributed by atoms with Crippen LogP contribution in [0.4, 0.5) is 0 Å². The monoisotopic (exact) mass is 263 g/mol. The van der Waals surface area contributed by atoms with Gasteiger partial charge in [-0.3, -0.25) is 4.79 Å². The summed E-state index contributed by atoms with van der Waals surface area (Å²) in [6.45, 7) is 8.65. The van der Waals surface area contributed by atoms with Gasteiger partial charge in [0.2, 0.25) is 0 Å². The molecule has 0 radical (unpaired) electrons. The van der Waals surface area contributed by atoms with Crippen molar-refractivity contribution in [2.75, 3.05) is 6.54 Å². The van der Waals surface area contributed by atoms with E-state index in [1.807, 2.05) is 0 Å². The molecular formula is C15H21NO3. The van der Waals surface area contributed by atoms with E-state index >= 15 is 0 Å². The van der Waals surface area contributed by atoms with E-state index < -0.39 is 5.97 Å². The zero-order valence-electron chi connectivity index (χ0n) is 11.9. The third-order valence-corrected chi connectivity index (χ3v) is 3.31. The molecule has 0 aliphatic heterocycles. The van der Waals surface area contributed by atoms with Gasteiger partial charge in [-0.25, -0.2) is 4.79 Å². The first kappa shape index (κ1) is 15.2. The highest BCUT2D eigenvalue weighted by Crippen LogP contribution is 2.11. The van der Waals surface area contributed by atoms with Gasteiger partial charge in [-0.05, 0) is 42.5 Å². The van der Waals surface area contributed by atoms with Gasteiger partial charge >= 0.3 is 5.97 Å². The second kappa shape index (κ2) is 6.36. The number of hydrogen-bond donors (Lipinski definition) is 2. The number of rotatable bonds is 5. The normalized spacial score (nSPS) is 12.3. The first-order valence-electron chi connectivity index (χ1n) is 6.44. The highest BCUT2D eigenvalue weighted by molar-refractivity contribution is 5.97. The summed E-state index contributed by atoms with van der Waals surface area (Å²) in [5, 5.41) is 11.8. The smallest absolute Gasteiger partial charge is 0.335 e. The molecule has 0 heterocycles. The summed E-state index contributed by atoms with van der Waals surface area (Å²) in [5.74, 6) is -0.368. The molecule has 0 saturated heterocycles. The van der Waals surface area contributed by atoms with Gasteiger partial charge in [-0.1, -0.05) is 20.8 Å². The van der Waals surface area contributed by atoms with Gasteiger partial charge in [0.05, 0.1) is 5.56 Å². The Morgan fingerprint density at radius 2 is 1.74 bits per heavy atom. The average Bonchev–Trinajstić information content (AvgIpc) is 2.34. The van der Waals surface area contributed by atoms with Crippen LogP contribution in [0.1, 0.15) is 47.1 Å². The zero-order chi connectivity index (χ0) is 14.6. The Labute approximate surface area is 113 Å². The molecule has 1 rings (SSSR count). The number of carboxylic acid groups (broad SMARTS) is 1. The Bertz CT molecular complexity index is 480. The van der Waals surface area contributed by atoms with E-state index in [1.54, 1.807) is 19.1 Å². The Kier molecular flexibility index (Phi) is 5.10. The van der Waals surface area contributed by atoms with E-state index in [-0.39, 0.29) is 11.5 Å². The lowest BCUT2D eigenvalue weighted by Crippen LogP contribution is -2.30. The first-order chi connectivity index (χ1) is 8.81. The number of nitrogens with one attached hydrogen (secondary N) is 1. The molecule has 0 spiro atoms. The molecule has 19 heavy (non-hydrogen) atoms. The van der Waals surface area contributed by atoms with Crippen molar-refractivity contribution in [3.63, 3.8) is 0 Å². The van der Waals surface area contributed by atoms with Crippen LogP contribution in [-0.4, -0.2) is 23.5 Å². The number of carboxylic acids is 1. The summed E-state index contributed by atoms with van der Waals surface area (Å²) in [6, 6.07) is 4.66. The van der Waals surface area contributed by atoms with Gasteiger partial charge in [-0.15, -0.1) is 0 Å². The topological polar surface area (TPSA) is 66.4 Å². The van der Waals surface area contributed by atoms with Crippen LogP contribution in [0.5, 0.6) is 0 Å². The summed E-state index contributed by atoms with van der Waals surface area (Å²) in [4.78, 5) is 22.9. The highest BCUT2D eigenvalue weighted by atomic mass is 16.4. The van der Waals surface area contributed by atoms with E-state index in [0.29, 0.717) is 23.9 Å². The molecule has 0 saturated carbocycles. The Morgan fingerprint density at radius 3 is 2.26 bits per heavy atom. The third kappa shape index (κ3) is 4.39. The summed E-state index contributed by atoms with van der Waals surface area (Å²) in [7, 11) is 0. The van der Waals surface area contributed by atoms with E-state index in [9.17, 15) is 9.59 Å². The van der Waals surface area contributed by atoms with Gasteiger partial charge in [0.15, 0.2) is 0 Å². The molecule has 0 fully saturated rings. The predicted molar refractivity (Wildman–Crippen MR) is 74.5 cm³/mol. The molecule has 0 aromatic heterocycles. The van der Waals surface area contributed by atoms with Gasteiger partial charge in [-0.2, -0.15) is 0 Å². The maximum absolute atomic E-state index is 12.0. The van der Waals surface area contributed by atoms with Crippen LogP contribution in [0.2, 0.25) is 0 Å². The minimum atomic E-state index is -1.02. The van der Waals surface area contributed by atoms with Crippen LogP contribution >= 0.6 is 0 Å². The Balaban J connectivity index is 2.80. The van der Waals surface area contributed by atoms with Crippen LogP contribution in [0, 0.1) is 18.8 Å². The number of aryl methyl sites for hydroxylation is 1. The molecule has 4 nitrogen and oxygen atoms in total. The lowest BCUT2D eigenvalue weighted by Gasteiger charge is -2.16. The van der Waals surface area contributed by atoms with Gasteiger partial charge in [0.25, 0.3) is 5.91 Å². The molecule has 104 valence electrons. The van der Waals surface area contributed by atoms with Crippen LogP contribution in [0.3, 0.4) is 0 Å². The number of hydrogen-bond acceptors (Lipinski definition) is 2. The Morgan fingerprint density at radius 1 is 1.16 bits per heavy atom. The third-order valence-electron chi connectivity index (χ3n) is 3.31. The van der Waals surface area contributed by atoms with Crippen molar-refractivity contribution in [2.45, 2.75) is 27.7 Å². The molecule has 4 heteroatoms. The second-order valence-corrected chi connectivity index (χ2v) is 5.32. The number of carbonyl (C=O) groups excluding carboxylic acids is 1. The van der Waals surface area contributed by atoms with E-state index in [0.717, 1.165) is 5.56 Å². The molecule has 1 amide bonds. The van der Waals surface area contributed by atoms with Crippen molar-refractivity contribution < 1.29 is 14.7 Å². The minimum Gasteiger partial charge on any atom is -0.478 e. The van der Waals surface area contributed by atoms with Crippen LogP contribution in [0.25, 0.3) is 0 Å². The summed E-state index contributed by atoms with van der Waals surface area (Å²) >= 11 is 0. The van der Waals surface area contributed by atoms with Crippen molar-refractivity contribution in [1.29, 1.82) is 0 Å². The van der Waals surface area contributed by atoms with Crippen LogP contribution in [0.15, 0.2) is 18.2 Å². The summed E-state index contributed by atoms with van der Waals surface area (Å²) < 4.78 is 0. The van der Waals surface area contributed by atoms with E-state index in [2.05, 4.69) is 26.1 Å².